The van der Waals surface area contributed by atoms with Crippen molar-refractivity contribution in [2.75, 3.05) is 0 Å². The highest BCUT2D eigenvalue weighted by atomic mass is 16.2. The average molecular weight is 169 g/mol. The number of allylic oxidation sites excluding steroid dienone is 1. The molecule has 0 aromatic heterocycles. The Morgan fingerprint density at radius 2 is 1.50 bits per heavy atom. The zero-order valence-electron chi connectivity index (χ0n) is 6.94. The molecule has 0 unspecified atom stereocenters. The van der Waals surface area contributed by atoms with Crippen molar-refractivity contribution in [3.63, 3.8) is 0 Å². The molecule has 0 atom stereocenters. The molecular formula is C8H16BNO2. The minimum Gasteiger partial charge on any atom is -0.296 e. The maximum absolute atomic E-state index is 10.1. The van der Waals surface area contributed by atoms with Crippen LogP contribution in [0, 0.1) is 0 Å². The molecule has 1 N–H and O–H groups in total. The van der Waals surface area contributed by atoms with Gasteiger partial charge in [0.2, 0.25) is 11.8 Å². The van der Waals surface area contributed by atoms with Crippen molar-refractivity contribution in [3.05, 3.63) is 12.2 Å². The van der Waals surface area contributed by atoms with Crippen molar-refractivity contribution < 1.29 is 9.59 Å². The molecule has 0 aromatic carbocycles. The second-order valence-electron chi connectivity index (χ2n) is 2.68. The van der Waals surface area contributed by atoms with E-state index in [9.17, 15) is 9.59 Å². The molecule has 12 heavy (non-hydrogen) atoms. The number of amides is 2. The van der Waals surface area contributed by atoms with Gasteiger partial charge in [-0.15, -0.1) is 6.58 Å². The Kier molecular flexibility index (Phi) is 7.49. The van der Waals surface area contributed by atoms with Gasteiger partial charge >= 0.3 is 0 Å². The van der Waals surface area contributed by atoms with E-state index in [2.05, 4.69) is 11.9 Å². The van der Waals surface area contributed by atoms with Crippen LogP contribution >= 0.6 is 0 Å². The Bertz CT molecular complexity index is 171. The molecule has 68 valence electrons. The van der Waals surface area contributed by atoms with Crippen molar-refractivity contribution in [2.24, 2.45) is 0 Å². The summed E-state index contributed by atoms with van der Waals surface area (Å²) in [4.78, 5) is 20.2. The third-order valence-electron chi connectivity index (χ3n) is 0.858. The van der Waals surface area contributed by atoms with Crippen LogP contribution in [0.15, 0.2) is 12.2 Å². The number of carbonyl (C=O) groups is 2. The van der Waals surface area contributed by atoms with E-state index >= 15 is 0 Å². The van der Waals surface area contributed by atoms with Crippen LogP contribution in [0.1, 0.15) is 26.7 Å². The van der Waals surface area contributed by atoms with Crippen LogP contribution in [0.25, 0.3) is 0 Å². The second kappa shape index (κ2) is 6.64. The fourth-order valence-electron chi connectivity index (χ4n) is 0.508. The summed E-state index contributed by atoms with van der Waals surface area (Å²) in [5.41, 5.74) is 1.17. The van der Waals surface area contributed by atoms with Crippen LogP contribution in [0.4, 0.5) is 0 Å². The smallest absolute Gasteiger partial charge is 0.227 e. The summed E-state index contributed by atoms with van der Waals surface area (Å²) in [6.45, 7) is 7.50. The molecule has 0 aromatic rings. The lowest BCUT2D eigenvalue weighted by Gasteiger charge is -1.79. The molecule has 4 heteroatoms. The van der Waals surface area contributed by atoms with Gasteiger partial charge < -0.3 is 0 Å². The number of carbonyl (C=O) groups excluding carboxylic acids is 2. The predicted octanol–water partition coefficient (Wildman–Crippen LogP) is -0.179. The Labute approximate surface area is 74.8 Å². The van der Waals surface area contributed by atoms with Gasteiger partial charge in [-0.25, -0.2) is 0 Å². The number of hydrogen-bond acceptors (Lipinski definition) is 2. The van der Waals surface area contributed by atoms with Crippen LogP contribution in [-0.4, -0.2) is 20.2 Å². The standard InChI is InChI=1S/C4H5NO2.C4H8.BH3/c6-3-1-2-4(7)5-3;1-4(2)3;/h1-2H2,(H,5,6,7);1H2,2-3H3;1H3. The van der Waals surface area contributed by atoms with Gasteiger partial charge in [-0.3, -0.25) is 14.9 Å². The van der Waals surface area contributed by atoms with Crippen molar-refractivity contribution in [1.29, 1.82) is 0 Å². The van der Waals surface area contributed by atoms with E-state index < -0.39 is 0 Å². The van der Waals surface area contributed by atoms with Crippen molar-refractivity contribution in [3.8, 4) is 0 Å². The average Bonchev–Trinajstić information content (AvgIpc) is 2.13. The first-order valence-corrected chi connectivity index (χ1v) is 3.47. The fraction of sp³-hybridized carbons (Fsp3) is 0.500. The molecule has 3 nitrogen and oxygen atoms in total. The lowest BCUT2D eigenvalue weighted by atomic mass is 10.4. The summed E-state index contributed by atoms with van der Waals surface area (Å²) < 4.78 is 0. The van der Waals surface area contributed by atoms with E-state index in [4.69, 9.17) is 0 Å². The number of imide groups is 1. The molecule has 1 aliphatic heterocycles. The van der Waals surface area contributed by atoms with Crippen molar-refractivity contribution in [1.82, 2.24) is 5.32 Å². The first-order chi connectivity index (χ1) is 5.02. The van der Waals surface area contributed by atoms with Crippen LogP contribution in [-0.2, 0) is 9.59 Å². The number of rotatable bonds is 0. The highest BCUT2D eigenvalue weighted by Crippen LogP contribution is 1.95. The molecule has 1 fully saturated rings. The first-order valence-electron chi connectivity index (χ1n) is 3.47. The summed E-state index contributed by atoms with van der Waals surface area (Å²) in [6, 6.07) is 0. The van der Waals surface area contributed by atoms with Gasteiger partial charge in [0, 0.05) is 12.8 Å². The molecule has 0 aliphatic carbocycles. The second-order valence-corrected chi connectivity index (χ2v) is 2.68. The summed E-state index contributed by atoms with van der Waals surface area (Å²) >= 11 is 0. The number of hydrogen-bond donors (Lipinski definition) is 1. The van der Waals surface area contributed by atoms with Crippen LogP contribution in [0.5, 0.6) is 0 Å². The highest BCUT2D eigenvalue weighted by molar-refractivity contribution is 6.01. The van der Waals surface area contributed by atoms with Gasteiger partial charge in [0.1, 0.15) is 0 Å². The zero-order valence-corrected chi connectivity index (χ0v) is 6.94. The van der Waals surface area contributed by atoms with Gasteiger partial charge in [0.05, 0.1) is 8.41 Å². The SMILES string of the molecule is B.C=C(C)C.O=C1CCC(=O)N1. The highest BCUT2D eigenvalue weighted by Gasteiger charge is 2.15. The monoisotopic (exact) mass is 169 g/mol. The molecule has 2 amide bonds. The largest absolute Gasteiger partial charge is 0.296 e. The molecule has 0 bridgehead atoms. The molecule has 1 saturated heterocycles. The first kappa shape index (κ1) is 13.5. The lowest BCUT2D eigenvalue weighted by Crippen LogP contribution is -2.18. The quantitative estimate of drug-likeness (QED) is 0.310. The Hall–Kier alpha value is -1.06. The van der Waals surface area contributed by atoms with Crippen LogP contribution < -0.4 is 5.32 Å². The maximum atomic E-state index is 10.1. The molecular weight excluding hydrogens is 153 g/mol. The third-order valence-corrected chi connectivity index (χ3v) is 0.858. The molecule has 1 heterocycles. The summed E-state index contributed by atoms with van der Waals surface area (Å²) in [5, 5.41) is 2.14. The minimum absolute atomic E-state index is 0. The Balaban J connectivity index is 0. The van der Waals surface area contributed by atoms with E-state index in [0.717, 1.165) is 0 Å². The summed E-state index contributed by atoms with van der Waals surface area (Å²) in [7, 11) is 0. The predicted molar refractivity (Wildman–Crippen MR) is 52.8 cm³/mol. The maximum Gasteiger partial charge on any atom is 0.227 e. The van der Waals surface area contributed by atoms with E-state index in [1.165, 1.54) is 5.57 Å². The van der Waals surface area contributed by atoms with E-state index in [1.54, 1.807) is 0 Å². The van der Waals surface area contributed by atoms with E-state index in [-0.39, 0.29) is 20.2 Å². The molecule has 0 spiro atoms. The number of nitrogens with one attached hydrogen (secondary N) is 1. The third kappa shape index (κ3) is 8.94. The summed E-state index contributed by atoms with van der Waals surface area (Å²) in [5.74, 6) is -0.296. The fourth-order valence-corrected chi connectivity index (χ4v) is 0.508. The Morgan fingerprint density at radius 1 is 1.25 bits per heavy atom. The van der Waals surface area contributed by atoms with Gasteiger partial charge in [0.15, 0.2) is 0 Å². The minimum atomic E-state index is -0.148. The molecule has 1 aliphatic rings. The normalized spacial score (nSPS) is 13.8. The lowest BCUT2D eigenvalue weighted by molar-refractivity contribution is -0.124. The van der Waals surface area contributed by atoms with Gasteiger partial charge in [-0.1, -0.05) is 5.57 Å². The Morgan fingerprint density at radius 3 is 1.58 bits per heavy atom. The van der Waals surface area contributed by atoms with Crippen molar-refractivity contribution >= 4 is 20.2 Å². The summed E-state index contributed by atoms with van der Waals surface area (Å²) in [6.07, 6.45) is 0.748. The molecule has 0 saturated carbocycles. The van der Waals surface area contributed by atoms with Gasteiger partial charge in [0.25, 0.3) is 0 Å². The van der Waals surface area contributed by atoms with Gasteiger partial charge in [-0.05, 0) is 13.8 Å². The van der Waals surface area contributed by atoms with Crippen LogP contribution in [0.3, 0.4) is 0 Å². The van der Waals surface area contributed by atoms with E-state index in [0.29, 0.717) is 12.8 Å². The van der Waals surface area contributed by atoms with Gasteiger partial charge in [-0.2, -0.15) is 0 Å². The topological polar surface area (TPSA) is 46.2 Å². The molecule has 0 radical (unpaired) electrons. The van der Waals surface area contributed by atoms with E-state index in [1.807, 2.05) is 13.8 Å². The zero-order chi connectivity index (χ0) is 8.85. The molecule has 1 rings (SSSR count). The van der Waals surface area contributed by atoms with Crippen molar-refractivity contribution in [2.45, 2.75) is 26.7 Å². The van der Waals surface area contributed by atoms with Crippen LogP contribution in [0.2, 0.25) is 0 Å².